The fourth-order valence-corrected chi connectivity index (χ4v) is 3.26. The molecular formula is C8H5N3Se. The molecule has 0 bridgehead atoms. The van der Waals surface area contributed by atoms with E-state index in [0.29, 0.717) is 15.0 Å². The monoisotopic (exact) mass is 223 g/mol. The van der Waals surface area contributed by atoms with Crippen molar-refractivity contribution in [3.05, 3.63) is 22.8 Å². The normalized spacial score (nSPS) is 16.7. The van der Waals surface area contributed by atoms with Gasteiger partial charge in [-0.25, -0.2) is 0 Å². The van der Waals surface area contributed by atoms with Gasteiger partial charge in [-0.1, -0.05) is 0 Å². The van der Waals surface area contributed by atoms with Crippen molar-refractivity contribution in [1.29, 1.82) is 0 Å². The van der Waals surface area contributed by atoms with Gasteiger partial charge in [0.15, 0.2) is 0 Å². The molecule has 2 aliphatic heterocycles. The van der Waals surface area contributed by atoms with Crippen molar-refractivity contribution in [3.8, 4) is 0 Å². The van der Waals surface area contributed by atoms with Crippen molar-refractivity contribution in [3.63, 3.8) is 0 Å². The van der Waals surface area contributed by atoms with Crippen molar-refractivity contribution in [1.82, 2.24) is 0 Å². The molecule has 3 rings (SSSR count). The first-order valence-corrected chi connectivity index (χ1v) is 5.72. The fraction of sp³-hybridized carbons (Fsp3) is 0.125. The molecule has 0 saturated carbocycles. The van der Waals surface area contributed by atoms with E-state index in [2.05, 4.69) is 15.0 Å². The second-order valence-electron chi connectivity index (χ2n) is 2.59. The number of benzene rings is 1. The minimum atomic E-state index is 0.484. The topological polar surface area (TPSA) is 37.1 Å². The molecule has 2 heterocycles. The Morgan fingerprint density at radius 3 is 3.17 bits per heavy atom. The molecule has 2 aliphatic rings. The Hall–Kier alpha value is -0.991. The van der Waals surface area contributed by atoms with Gasteiger partial charge in [0.25, 0.3) is 0 Å². The van der Waals surface area contributed by atoms with Crippen LogP contribution >= 0.6 is 0 Å². The summed E-state index contributed by atoms with van der Waals surface area (Å²) < 4.78 is 1.33. The third-order valence-electron chi connectivity index (χ3n) is 1.92. The summed E-state index contributed by atoms with van der Waals surface area (Å²) in [6, 6.07) is 4.03. The molecule has 1 aromatic carbocycles. The van der Waals surface area contributed by atoms with Gasteiger partial charge >= 0.3 is 74.7 Å². The third-order valence-corrected chi connectivity index (χ3v) is 3.91. The van der Waals surface area contributed by atoms with Crippen LogP contribution in [-0.4, -0.2) is 26.7 Å². The van der Waals surface area contributed by atoms with Crippen LogP contribution < -0.4 is 15.2 Å². The first-order valence-electron chi connectivity index (χ1n) is 3.66. The van der Waals surface area contributed by atoms with Crippen LogP contribution in [0, 0.1) is 0 Å². The van der Waals surface area contributed by atoms with Crippen molar-refractivity contribution < 1.29 is 0 Å². The summed E-state index contributed by atoms with van der Waals surface area (Å²) in [6.07, 6.45) is 1.62. The Labute approximate surface area is 75.1 Å². The molecule has 0 spiro atoms. The molecule has 0 N–H and O–H groups in total. The summed E-state index contributed by atoms with van der Waals surface area (Å²) in [7, 11) is 0. The van der Waals surface area contributed by atoms with Gasteiger partial charge in [0.05, 0.1) is 0 Å². The quantitative estimate of drug-likeness (QED) is 0.500. The van der Waals surface area contributed by atoms with Crippen LogP contribution in [0.5, 0.6) is 0 Å². The van der Waals surface area contributed by atoms with Gasteiger partial charge < -0.3 is 0 Å². The molecule has 12 heavy (non-hydrogen) atoms. The zero-order valence-corrected chi connectivity index (χ0v) is 7.90. The van der Waals surface area contributed by atoms with Crippen molar-refractivity contribution in [2.24, 2.45) is 15.0 Å². The van der Waals surface area contributed by atoms with E-state index in [9.17, 15) is 0 Å². The number of nitrogens with zero attached hydrogens (tertiary/aromatic N) is 3. The summed E-state index contributed by atoms with van der Waals surface area (Å²) in [5.74, 6) is 0. The van der Waals surface area contributed by atoms with E-state index in [1.165, 1.54) is 4.46 Å². The predicted octanol–water partition coefficient (Wildman–Crippen LogP) is -1.10. The maximum absolute atomic E-state index is 4.39. The van der Waals surface area contributed by atoms with Crippen LogP contribution in [0.15, 0.2) is 27.1 Å². The molecule has 0 radical (unpaired) electrons. The van der Waals surface area contributed by atoms with Gasteiger partial charge in [-0.05, 0) is 0 Å². The predicted molar refractivity (Wildman–Crippen MR) is 47.2 cm³/mol. The van der Waals surface area contributed by atoms with E-state index in [1.807, 2.05) is 12.1 Å². The van der Waals surface area contributed by atoms with Crippen molar-refractivity contribution in [2.75, 3.05) is 5.44 Å². The Balaban J connectivity index is 2.50. The van der Waals surface area contributed by atoms with Gasteiger partial charge in [0.2, 0.25) is 0 Å². The summed E-state index contributed by atoms with van der Waals surface area (Å²) in [5, 5.41) is 2.13. The van der Waals surface area contributed by atoms with E-state index >= 15 is 0 Å². The van der Waals surface area contributed by atoms with E-state index < -0.39 is 0 Å². The third kappa shape index (κ3) is 0.737. The average Bonchev–Trinajstić information content (AvgIpc) is 2.71. The number of hydrogen-bond donors (Lipinski definition) is 0. The number of aliphatic imine (C=N–C) groups is 1. The van der Waals surface area contributed by atoms with Crippen molar-refractivity contribution >= 4 is 31.4 Å². The number of fused-ring (bicyclic) bond motifs is 3. The Morgan fingerprint density at radius 1 is 1.25 bits per heavy atom. The van der Waals surface area contributed by atoms with Gasteiger partial charge in [0.1, 0.15) is 0 Å². The van der Waals surface area contributed by atoms with Crippen LogP contribution in [0.25, 0.3) is 0 Å². The second-order valence-corrected chi connectivity index (χ2v) is 4.59. The molecule has 4 heteroatoms. The second kappa shape index (κ2) is 2.25. The van der Waals surface area contributed by atoms with Crippen LogP contribution in [0.1, 0.15) is 0 Å². The van der Waals surface area contributed by atoms with Crippen LogP contribution in [0.2, 0.25) is 0 Å². The van der Waals surface area contributed by atoms with E-state index in [0.717, 1.165) is 21.8 Å². The average molecular weight is 222 g/mol. The van der Waals surface area contributed by atoms with E-state index in [-0.39, 0.29) is 0 Å². The SMILES string of the molecule is C1=Nc2c3c(ccc2=N1)=NC[Se]3. The molecule has 1 aromatic rings. The molecule has 0 saturated heterocycles. The van der Waals surface area contributed by atoms with Gasteiger partial charge in [-0.2, -0.15) is 0 Å². The summed E-state index contributed by atoms with van der Waals surface area (Å²) in [5.41, 5.74) is 2.03. The zero-order chi connectivity index (χ0) is 7.97. The van der Waals surface area contributed by atoms with Crippen LogP contribution in [-0.2, 0) is 0 Å². The zero-order valence-electron chi connectivity index (χ0n) is 6.19. The van der Waals surface area contributed by atoms with Gasteiger partial charge in [-0.3, -0.25) is 0 Å². The Bertz CT molecular complexity index is 490. The summed E-state index contributed by atoms with van der Waals surface area (Å²) >= 11 is 0.484. The van der Waals surface area contributed by atoms with Crippen molar-refractivity contribution in [2.45, 2.75) is 0 Å². The van der Waals surface area contributed by atoms with Crippen LogP contribution in [0.3, 0.4) is 0 Å². The Morgan fingerprint density at radius 2 is 2.17 bits per heavy atom. The molecule has 0 fully saturated rings. The van der Waals surface area contributed by atoms with Gasteiger partial charge in [0, 0.05) is 0 Å². The molecule has 58 valence electrons. The molecule has 3 nitrogen and oxygen atoms in total. The molecule has 0 unspecified atom stereocenters. The van der Waals surface area contributed by atoms with Gasteiger partial charge in [-0.15, -0.1) is 0 Å². The van der Waals surface area contributed by atoms with E-state index in [1.54, 1.807) is 6.34 Å². The molecule has 0 amide bonds. The summed E-state index contributed by atoms with van der Waals surface area (Å²) in [4.78, 5) is 12.8. The minimum absolute atomic E-state index is 0.484. The molecular weight excluding hydrogens is 217 g/mol. The number of hydrogen-bond acceptors (Lipinski definition) is 3. The van der Waals surface area contributed by atoms with E-state index in [4.69, 9.17) is 0 Å². The standard InChI is InChI=1S/C8H5N3Se/c1-2-6-8(12-4-11-6)7-5(1)9-3-10-7/h1-3H,4H2. The Kier molecular flexibility index (Phi) is 1.22. The number of rotatable bonds is 0. The fourth-order valence-electron chi connectivity index (χ4n) is 1.36. The molecule has 0 atom stereocenters. The van der Waals surface area contributed by atoms with Crippen LogP contribution in [0.4, 0.5) is 5.69 Å². The summed E-state index contributed by atoms with van der Waals surface area (Å²) in [6.45, 7) is 0. The first kappa shape index (κ1) is 6.52. The maximum atomic E-state index is 4.39. The first-order chi connectivity index (χ1) is 5.95. The molecule has 0 aromatic heterocycles. The molecule has 0 aliphatic carbocycles.